The quantitative estimate of drug-likeness (QED) is 0.804. The third kappa shape index (κ3) is 2.86. The molecule has 1 aromatic rings. The number of aromatic nitrogens is 2. The molecule has 0 unspecified atom stereocenters. The van der Waals surface area contributed by atoms with Gasteiger partial charge in [-0.3, -0.25) is 4.79 Å². The predicted octanol–water partition coefficient (Wildman–Crippen LogP) is 2.15. The number of hydrogen-bond donors (Lipinski definition) is 0. The van der Waals surface area contributed by atoms with Crippen LogP contribution in [-0.2, 0) is 4.79 Å². The zero-order chi connectivity index (χ0) is 13.1. The molecule has 1 aromatic heterocycles. The topological polar surface area (TPSA) is 46.1 Å². The fourth-order valence-corrected chi connectivity index (χ4v) is 2.49. The maximum atomic E-state index is 12.0. The molecule has 0 radical (unpaired) electrons. The van der Waals surface area contributed by atoms with Gasteiger partial charge in [-0.1, -0.05) is 13.8 Å². The Labute approximate surface area is 108 Å². The Bertz CT molecular complexity index is 431. The number of carbonyl (C=O) groups is 1. The number of aryl methyl sites for hydroxylation is 1. The number of rotatable bonds is 2. The van der Waals surface area contributed by atoms with E-state index in [0.29, 0.717) is 5.92 Å². The summed E-state index contributed by atoms with van der Waals surface area (Å²) in [6.45, 7) is 7.51. The Morgan fingerprint density at radius 3 is 2.94 bits per heavy atom. The Morgan fingerprint density at radius 1 is 1.50 bits per heavy atom. The van der Waals surface area contributed by atoms with Crippen LogP contribution in [0.5, 0.6) is 0 Å². The first-order valence-corrected chi connectivity index (χ1v) is 6.66. The second kappa shape index (κ2) is 5.46. The molecule has 1 amide bonds. The van der Waals surface area contributed by atoms with E-state index in [4.69, 9.17) is 0 Å². The molecule has 2 heterocycles. The summed E-state index contributed by atoms with van der Waals surface area (Å²) in [5, 5.41) is 0. The van der Waals surface area contributed by atoms with Crippen molar-refractivity contribution in [3.05, 3.63) is 23.8 Å². The SMILES string of the molecule is Cc1nccc([C@@H]2CCCN(C(=O)C(C)C)C2)n1. The number of amides is 1. The molecule has 18 heavy (non-hydrogen) atoms. The summed E-state index contributed by atoms with van der Waals surface area (Å²) in [7, 11) is 0. The highest BCUT2D eigenvalue weighted by atomic mass is 16.2. The molecule has 0 N–H and O–H groups in total. The Balaban J connectivity index is 2.09. The van der Waals surface area contributed by atoms with Crippen molar-refractivity contribution in [1.82, 2.24) is 14.9 Å². The standard InChI is InChI=1S/C14H21N3O/c1-10(2)14(18)17-8-4-5-12(9-17)13-6-7-15-11(3)16-13/h6-7,10,12H,4-5,8-9H2,1-3H3/t12-/m1/s1. The highest BCUT2D eigenvalue weighted by molar-refractivity contribution is 5.78. The van der Waals surface area contributed by atoms with Gasteiger partial charge in [0.05, 0.1) is 0 Å². The average Bonchev–Trinajstić information content (AvgIpc) is 2.38. The molecule has 1 fully saturated rings. The van der Waals surface area contributed by atoms with Crippen LogP contribution in [0.15, 0.2) is 12.3 Å². The van der Waals surface area contributed by atoms with E-state index in [9.17, 15) is 4.79 Å². The van der Waals surface area contributed by atoms with E-state index >= 15 is 0 Å². The lowest BCUT2D eigenvalue weighted by Crippen LogP contribution is -2.41. The summed E-state index contributed by atoms with van der Waals surface area (Å²) in [4.78, 5) is 22.6. The third-order valence-corrected chi connectivity index (χ3v) is 3.44. The molecule has 0 bridgehead atoms. The van der Waals surface area contributed by atoms with Gasteiger partial charge in [0.15, 0.2) is 0 Å². The van der Waals surface area contributed by atoms with Gasteiger partial charge in [0.2, 0.25) is 5.91 Å². The first-order valence-electron chi connectivity index (χ1n) is 6.66. The van der Waals surface area contributed by atoms with Gasteiger partial charge in [0.25, 0.3) is 0 Å². The zero-order valence-corrected chi connectivity index (χ0v) is 11.4. The molecule has 4 nitrogen and oxygen atoms in total. The number of likely N-dealkylation sites (tertiary alicyclic amines) is 1. The van der Waals surface area contributed by atoms with Gasteiger partial charge in [-0.25, -0.2) is 9.97 Å². The minimum absolute atomic E-state index is 0.0795. The van der Waals surface area contributed by atoms with Crippen LogP contribution in [0.25, 0.3) is 0 Å². The molecule has 0 saturated carbocycles. The lowest BCUT2D eigenvalue weighted by atomic mass is 9.94. The van der Waals surface area contributed by atoms with E-state index in [2.05, 4.69) is 9.97 Å². The van der Waals surface area contributed by atoms with Gasteiger partial charge < -0.3 is 4.90 Å². The van der Waals surface area contributed by atoms with Crippen molar-refractivity contribution in [2.75, 3.05) is 13.1 Å². The lowest BCUT2D eigenvalue weighted by molar-refractivity contribution is -0.135. The van der Waals surface area contributed by atoms with Crippen LogP contribution < -0.4 is 0 Å². The van der Waals surface area contributed by atoms with E-state index in [1.165, 1.54) is 0 Å². The summed E-state index contributed by atoms with van der Waals surface area (Å²) in [5.74, 6) is 1.50. The van der Waals surface area contributed by atoms with Crippen LogP contribution in [0.4, 0.5) is 0 Å². The largest absolute Gasteiger partial charge is 0.342 e. The fraction of sp³-hybridized carbons (Fsp3) is 0.643. The van der Waals surface area contributed by atoms with Crippen LogP contribution in [0.3, 0.4) is 0 Å². The fourth-order valence-electron chi connectivity index (χ4n) is 2.49. The van der Waals surface area contributed by atoms with Gasteiger partial charge >= 0.3 is 0 Å². The van der Waals surface area contributed by atoms with Gasteiger partial charge in [0.1, 0.15) is 5.82 Å². The van der Waals surface area contributed by atoms with Crippen molar-refractivity contribution in [3.8, 4) is 0 Å². The van der Waals surface area contributed by atoms with E-state index in [1.54, 1.807) is 6.20 Å². The monoisotopic (exact) mass is 247 g/mol. The van der Waals surface area contributed by atoms with E-state index in [-0.39, 0.29) is 11.8 Å². The first-order chi connectivity index (χ1) is 8.58. The summed E-state index contributed by atoms with van der Waals surface area (Å²) in [6, 6.07) is 1.97. The Hall–Kier alpha value is -1.45. The van der Waals surface area contributed by atoms with Crippen molar-refractivity contribution in [2.24, 2.45) is 5.92 Å². The van der Waals surface area contributed by atoms with Crippen molar-refractivity contribution < 1.29 is 4.79 Å². The minimum Gasteiger partial charge on any atom is -0.342 e. The van der Waals surface area contributed by atoms with E-state index in [1.807, 2.05) is 31.7 Å². The smallest absolute Gasteiger partial charge is 0.225 e. The summed E-state index contributed by atoms with van der Waals surface area (Å²) in [6.07, 6.45) is 3.98. The van der Waals surface area contributed by atoms with E-state index < -0.39 is 0 Å². The van der Waals surface area contributed by atoms with Crippen LogP contribution in [-0.4, -0.2) is 33.9 Å². The summed E-state index contributed by atoms with van der Waals surface area (Å²) < 4.78 is 0. The van der Waals surface area contributed by atoms with Gasteiger partial charge in [-0.05, 0) is 25.8 Å². The van der Waals surface area contributed by atoms with Gasteiger partial charge in [-0.15, -0.1) is 0 Å². The molecular formula is C14H21N3O. The van der Waals surface area contributed by atoms with Crippen LogP contribution >= 0.6 is 0 Å². The summed E-state index contributed by atoms with van der Waals surface area (Å²) in [5.41, 5.74) is 1.07. The Morgan fingerprint density at radius 2 is 2.28 bits per heavy atom. The van der Waals surface area contributed by atoms with Gasteiger partial charge in [-0.2, -0.15) is 0 Å². The molecule has 0 aromatic carbocycles. The minimum atomic E-state index is 0.0795. The predicted molar refractivity (Wildman–Crippen MR) is 70.2 cm³/mol. The van der Waals surface area contributed by atoms with Crippen LogP contribution in [0.1, 0.15) is 44.1 Å². The van der Waals surface area contributed by atoms with Crippen molar-refractivity contribution in [1.29, 1.82) is 0 Å². The van der Waals surface area contributed by atoms with Gasteiger partial charge in [0, 0.05) is 36.8 Å². The second-order valence-corrected chi connectivity index (χ2v) is 5.31. The number of nitrogens with zero attached hydrogens (tertiary/aromatic N) is 3. The molecule has 1 saturated heterocycles. The highest BCUT2D eigenvalue weighted by Gasteiger charge is 2.26. The molecule has 0 aliphatic carbocycles. The number of carbonyl (C=O) groups excluding carboxylic acids is 1. The Kier molecular flexibility index (Phi) is 3.94. The normalized spacial score (nSPS) is 20.2. The van der Waals surface area contributed by atoms with Crippen LogP contribution in [0.2, 0.25) is 0 Å². The molecule has 0 spiro atoms. The average molecular weight is 247 g/mol. The van der Waals surface area contributed by atoms with Crippen LogP contribution in [0, 0.1) is 12.8 Å². The molecule has 1 aliphatic heterocycles. The molecular weight excluding hydrogens is 226 g/mol. The lowest BCUT2D eigenvalue weighted by Gasteiger charge is -2.33. The number of piperidine rings is 1. The van der Waals surface area contributed by atoms with E-state index in [0.717, 1.165) is 37.4 Å². The molecule has 1 aliphatic rings. The molecule has 98 valence electrons. The third-order valence-electron chi connectivity index (χ3n) is 3.44. The van der Waals surface area contributed by atoms with Crippen molar-refractivity contribution in [3.63, 3.8) is 0 Å². The van der Waals surface area contributed by atoms with Crippen molar-refractivity contribution >= 4 is 5.91 Å². The maximum absolute atomic E-state index is 12.0. The van der Waals surface area contributed by atoms with Crippen molar-refractivity contribution in [2.45, 2.75) is 39.5 Å². The highest BCUT2D eigenvalue weighted by Crippen LogP contribution is 2.26. The second-order valence-electron chi connectivity index (χ2n) is 5.31. The zero-order valence-electron chi connectivity index (χ0n) is 11.4. The molecule has 2 rings (SSSR count). The summed E-state index contributed by atoms with van der Waals surface area (Å²) >= 11 is 0. The maximum Gasteiger partial charge on any atom is 0.225 e. The molecule has 1 atom stereocenters. The molecule has 4 heteroatoms. The first kappa shape index (κ1) is 13.0. The number of hydrogen-bond acceptors (Lipinski definition) is 3.